The van der Waals surface area contributed by atoms with Crippen LogP contribution in [0.2, 0.25) is 0 Å². The number of hydrogen-bond acceptors (Lipinski definition) is 4. The molecule has 4 aromatic rings. The lowest BCUT2D eigenvalue weighted by Crippen LogP contribution is -2.53. The van der Waals surface area contributed by atoms with Gasteiger partial charge in [0.05, 0.1) is 13.6 Å². The van der Waals surface area contributed by atoms with Gasteiger partial charge in [0, 0.05) is 16.7 Å². The molecule has 0 saturated carbocycles. The van der Waals surface area contributed by atoms with Gasteiger partial charge < -0.3 is 4.52 Å². The molecule has 0 N–H and O–H groups in total. The van der Waals surface area contributed by atoms with Gasteiger partial charge in [-0.25, -0.2) is 4.90 Å². The van der Waals surface area contributed by atoms with Crippen LogP contribution in [0.3, 0.4) is 0 Å². The van der Waals surface area contributed by atoms with Crippen molar-refractivity contribution in [2.45, 2.75) is 18.4 Å². The number of rotatable bonds is 5. The van der Waals surface area contributed by atoms with Gasteiger partial charge in [-0.05, 0) is 6.92 Å². The summed E-state index contributed by atoms with van der Waals surface area (Å²) in [6.07, 6.45) is 2.23. The summed E-state index contributed by atoms with van der Waals surface area (Å²) >= 11 is 0. The molecule has 5 rings (SSSR count). The SMILES string of the molecule is Cc1noc(C2CN(C(c3ccccc3)(c3ccccc3)c3ccccc3)C=[N+](C)C2)n1. The van der Waals surface area contributed by atoms with Crippen molar-refractivity contribution < 1.29 is 9.10 Å². The highest BCUT2D eigenvalue weighted by Gasteiger charge is 2.49. The summed E-state index contributed by atoms with van der Waals surface area (Å²) < 4.78 is 7.82. The topological polar surface area (TPSA) is 45.2 Å². The van der Waals surface area contributed by atoms with Gasteiger partial charge in [0.1, 0.15) is 12.5 Å². The molecule has 0 amide bonds. The van der Waals surface area contributed by atoms with Crippen LogP contribution < -0.4 is 0 Å². The average molecular weight is 424 g/mol. The van der Waals surface area contributed by atoms with E-state index < -0.39 is 5.54 Å². The third-order valence-electron chi connectivity index (χ3n) is 6.16. The predicted molar refractivity (Wildman–Crippen MR) is 125 cm³/mol. The highest BCUT2D eigenvalue weighted by Crippen LogP contribution is 2.43. The van der Waals surface area contributed by atoms with Crippen molar-refractivity contribution in [3.63, 3.8) is 0 Å². The standard InChI is InChI=1S/C27H27N4O/c1-21-28-26(32-29-21)22-18-30(2)20-31(19-22)27(23-12-6-3-7-13-23,24-14-8-4-9-15-24)25-16-10-5-11-17-25/h3-17,20,22H,18-19H2,1-2H3/q+1. The van der Waals surface area contributed by atoms with E-state index >= 15 is 0 Å². The number of likely N-dealkylation sites (N-methyl/N-ethyl adjacent to an activating group) is 1. The molecule has 5 heteroatoms. The second kappa shape index (κ2) is 8.42. The molecule has 3 aromatic carbocycles. The number of hydrogen-bond donors (Lipinski definition) is 0. The van der Waals surface area contributed by atoms with Crippen LogP contribution in [0.4, 0.5) is 0 Å². The first-order valence-corrected chi connectivity index (χ1v) is 11.0. The van der Waals surface area contributed by atoms with Gasteiger partial charge in [-0.3, -0.25) is 4.58 Å². The van der Waals surface area contributed by atoms with Crippen molar-refractivity contribution in [2.75, 3.05) is 20.1 Å². The molecular weight excluding hydrogens is 396 g/mol. The smallest absolute Gasteiger partial charge is 0.237 e. The van der Waals surface area contributed by atoms with E-state index in [1.165, 1.54) is 16.7 Å². The lowest BCUT2D eigenvalue weighted by molar-refractivity contribution is -0.508. The Hall–Kier alpha value is -3.73. The molecule has 1 aliphatic heterocycles. The summed E-state index contributed by atoms with van der Waals surface area (Å²) in [7, 11) is 2.11. The van der Waals surface area contributed by atoms with Crippen LogP contribution in [-0.4, -0.2) is 46.1 Å². The Kier molecular flexibility index (Phi) is 5.31. The molecule has 1 aromatic heterocycles. The van der Waals surface area contributed by atoms with Crippen LogP contribution in [0, 0.1) is 6.92 Å². The second-order valence-corrected chi connectivity index (χ2v) is 8.39. The van der Waals surface area contributed by atoms with Crippen LogP contribution in [0.1, 0.15) is 34.3 Å². The molecule has 0 fully saturated rings. The van der Waals surface area contributed by atoms with Gasteiger partial charge in [-0.2, -0.15) is 4.98 Å². The van der Waals surface area contributed by atoms with Crippen LogP contribution in [0.15, 0.2) is 95.5 Å². The van der Waals surface area contributed by atoms with Gasteiger partial charge >= 0.3 is 0 Å². The first-order valence-electron chi connectivity index (χ1n) is 11.0. The molecule has 5 nitrogen and oxygen atoms in total. The zero-order valence-corrected chi connectivity index (χ0v) is 18.4. The largest absolute Gasteiger partial charge is 0.339 e. The molecule has 0 spiro atoms. The molecular formula is C27H27N4O+. The maximum Gasteiger partial charge on any atom is 0.237 e. The number of aromatic nitrogens is 2. The van der Waals surface area contributed by atoms with E-state index in [0.717, 1.165) is 13.1 Å². The van der Waals surface area contributed by atoms with Gasteiger partial charge in [0.2, 0.25) is 12.2 Å². The van der Waals surface area contributed by atoms with Crippen LogP contribution in [0.5, 0.6) is 0 Å². The fourth-order valence-electron chi connectivity index (χ4n) is 4.87. The molecule has 160 valence electrons. The van der Waals surface area contributed by atoms with Crippen molar-refractivity contribution in [1.82, 2.24) is 15.0 Å². The third kappa shape index (κ3) is 3.50. The molecule has 1 unspecified atom stereocenters. The van der Waals surface area contributed by atoms with Crippen molar-refractivity contribution >= 4 is 6.34 Å². The van der Waals surface area contributed by atoms with Gasteiger partial charge in [-0.15, -0.1) is 0 Å². The molecule has 32 heavy (non-hydrogen) atoms. The Morgan fingerprint density at radius 3 is 1.78 bits per heavy atom. The second-order valence-electron chi connectivity index (χ2n) is 8.39. The van der Waals surface area contributed by atoms with Crippen molar-refractivity contribution in [1.29, 1.82) is 0 Å². The Morgan fingerprint density at radius 1 is 0.844 bits per heavy atom. The van der Waals surface area contributed by atoms with E-state index in [0.29, 0.717) is 11.7 Å². The molecule has 0 radical (unpaired) electrons. The Balaban J connectivity index is 1.75. The van der Waals surface area contributed by atoms with Gasteiger partial charge in [0.15, 0.2) is 11.4 Å². The van der Waals surface area contributed by atoms with Crippen LogP contribution >= 0.6 is 0 Å². The number of benzene rings is 3. The van der Waals surface area contributed by atoms with E-state index in [9.17, 15) is 0 Å². The summed E-state index contributed by atoms with van der Waals surface area (Å²) in [5, 5.41) is 4.05. The van der Waals surface area contributed by atoms with Crippen LogP contribution in [-0.2, 0) is 5.54 Å². The summed E-state index contributed by atoms with van der Waals surface area (Å²) in [6, 6.07) is 32.2. The minimum absolute atomic E-state index is 0.0988. The minimum atomic E-state index is -0.508. The highest BCUT2D eigenvalue weighted by molar-refractivity contribution is 5.61. The fraction of sp³-hybridized carbons (Fsp3) is 0.222. The molecule has 1 aliphatic rings. The Labute approximate surface area is 188 Å². The third-order valence-corrected chi connectivity index (χ3v) is 6.16. The average Bonchev–Trinajstić information content (AvgIpc) is 3.28. The zero-order valence-electron chi connectivity index (χ0n) is 18.4. The summed E-state index contributed by atoms with van der Waals surface area (Å²) in [4.78, 5) is 6.99. The lowest BCUT2D eigenvalue weighted by atomic mass is 9.75. The summed E-state index contributed by atoms with van der Waals surface area (Å²) in [6.45, 7) is 3.45. The first kappa shape index (κ1) is 20.2. The highest BCUT2D eigenvalue weighted by atomic mass is 16.5. The first-order chi connectivity index (χ1) is 15.7. The molecule has 2 heterocycles. The maximum absolute atomic E-state index is 5.60. The van der Waals surface area contributed by atoms with E-state index in [1.54, 1.807) is 0 Å². The monoisotopic (exact) mass is 423 g/mol. The summed E-state index contributed by atoms with van der Waals surface area (Å²) in [5.41, 5.74) is 3.13. The lowest BCUT2D eigenvalue weighted by Gasteiger charge is -2.42. The zero-order chi connectivity index (χ0) is 22.0. The molecule has 0 bridgehead atoms. The Bertz CT molecular complexity index is 1110. The fourth-order valence-corrected chi connectivity index (χ4v) is 4.87. The van der Waals surface area contributed by atoms with E-state index in [1.807, 2.05) is 6.92 Å². The van der Waals surface area contributed by atoms with Crippen LogP contribution in [0.25, 0.3) is 0 Å². The van der Waals surface area contributed by atoms with Crippen molar-refractivity contribution in [3.05, 3.63) is 119 Å². The predicted octanol–water partition coefficient (Wildman–Crippen LogP) is 4.44. The van der Waals surface area contributed by atoms with Crippen molar-refractivity contribution in [3.8, 4) is 0 Å². The maximum atomic E-state index is 5.60. The molecule has 0 aliphatic carbocycles. The Morgan fingerprint density at radius 2 is 1.34 bits per heavy atom. The number of nitrogens with zero attached hydrogens (tertiary/aromatic N) is 4. The number of aryl methyl sites for hydroxylation is 1. The minimum Gasteiger partial charge on any atom is -0.339 e. The van der Waals surface area contributed by atoms with E-state index in [2.05, 4.69) is 124 Å². The van der Waals surface area contributed by atoms with E-state index in [4.69, 9.17) is 4.52 Å². The van der Waals surface area contributed by atoms with Gasteiger partial charge in [0.25, 0.3) is 0 Å². The summed E-state index contributed by atoms with van der Waals surface area (Å²) in [5.74, 6) is 1.46. The molecule has 0 saturated heterocycles. The van der Waals surface area contributed by atoms with Crippen molar-refractivity contribution in [2.24, 2.45) is 0 Å². The molecule has 1 atom stereocenters. The normalized spacial score (nSPS) is 16.6. The van der Waals surface area contributed by atoms with Gasteiger partial charge in [-0.1, -0.05) is 96.2 Å². The van der Waals surface area contributed by atoms with E-state index in [-0.39, 0.29) is 5.92 Å². The quantitative estimate of drug-likeness (QED) is 0.352.